The highest BCUT2D eigenvalue weighted by molar-refractivity contribution is 5.95. The zero-order valence-corrected chi connectivity index (χ0v) is 15.4. The van der Waals surface area contributed by atoms with Gasteiger partial charge in [0.2, 0.25) is 5.91 Å². The van der Waals surface area contributed by atoms with Crippen molar-refractivity contribution in [3.8, 4) is 0 Å². The van der Waals surface area contributed by atoms with E-state index in [-0.39, 0.29) is 31.3 Å². The number of anilines is 1. The van der Waals surface area contributed by atoms with Crippen molar-refractivity contribution in [1.82, 2.24) is 4.90 Å². The summed E-state index contributed by atoms with van der Waals surface area (Å²) >= 11 is 0. The van der Waals surface area contributed by atoms with Crippen LogP contribution in [0.2, 0.25) is 0 Å². The molecule has 0 aliphatic heterocycles. The molecule has 140 valence electrons. The average molecular weight is 366 g/mol. The predicted molar refractivity (Wildman–Crippen MR) is 101 cm³/mol. The number of nitrogens with one attached hydrogen (secondary N) is 1. The van der Waals surface area contributed by atoms with Gasteiger partial charge in [0.15, 0.2) is 0 Å². The van der Waals surface area contributed by atoms with Crippen LogP contribution in [0.3, 0.4) is 0 Å². The predicted octanol–water partition coefficient (Wildman–Crippen LogP) is 4.16. The molecule has 0 radical (unpaired) electrons. The molecule has 1 N–H and O–H groups in total. The highest BCUT2D eigenvalue weighted by atomic mass is 16.3. The Labute approximate surface area is 157 Å². The molecule has 0 saturated heterocycles. The smallest absolute Gasteiger partial charge is 0.257 e. The molecule has 27 heavy (non-hydrogen) atoms. The number of carbonyl (C=O) groups is 2. The molecule has 6 heteroatoms. The highest BCUT2D eigenvalue weighted by Crippen LogP contribution is 2.15. The van der Waals surface area contributed by atoms with Crippen molar-refractivity contribution in [2.24, 2.45) is 0 Å². The highest BCUT2D eigenvalue weighted by Gasteiger charge is 2.19. The monoisotopic (exact) mass is 366 g/mol. The van der Waals surface area contributed by atoms with Gasteiger partial charge in [0.1, 0.15) is 12.0 Å². The van der Waals surface area contributed by atoms with Crippen molar-refractivity contribution in [2.45, 2.75) is 26.8 Å². The Morgan fingerprint density at radius 2 is 1.93 bits per heavy atom. The number of amides is 2. The van der Waals surface area contributed by atoms with Gasteiger partial charge in [0.25, 0.3) is 5.91 Å². The number of benzene rings is 1. The molecular weight excluding hydrogens is 344 g/mol. The summed E-state index contributed by atoms with van der Waals surface area (Å²) in [5, 5.41) is 2.88. The third kappa shape index (κ3) is 4.88. The van der Waals surface area contributed by atoms with Crippen LogP contribution in [0.1, 0.15) is 33.7 Å². The molecule has 6 nitrogen and oxygen atoms in total. The average Bonchev–Trinajstić information content (AvgIpc) is 3.35. The lowest BCUT2D eigenvalue weighted by atomic mass is 10.1. The van der Waals surface area contributed by atoms with E-state index >= 15 is 0 Å². The van der Waals surface area contributed by atoms with Crippen LogP contribution in [0.25, 0.3) is 0 Å². The van der Waals surface area contributed by atoms with E-state index in [0.29, 0.717) is 11.3 Å². The second kappa shape index (κ2) is 8.40. The van der Waals surface area contributed by atoms with Gasteiger partial charge in [0.05, 0.1) is 24.6 Å². The summed E-state index contributed by atoms with van der Waals surface area (Å²) in [5.41, 5.74) is 3.48. The number of carbonyl (C=O) groups excluding carboxylic acids is 2. The largest absolute Gasteiger partial charge is 0.472 e. The molecule has 3 aromatic rings. The van der Waals surface area contributed by atoms with Gasteiger partial charge in [0, 0.05) is 18.7 Å². The molecule has 2 heterocycles. The zero-order valence-electron chi connectivity index (χ0n) is 15.4. The van der Waals surface area contributed by atoms with E-state index in [9.17, 15) is 9.59 Å². The standard InChI is InChI=1S/C21H22N2O4/c1-15-5-6-18(12-16(15)2)22-20(24)7-9-23(13-19-4-3-10-27-19)21(25)17-8-11-26-14-17/h3-6,8,10-12,14H,7,9,13H2,1-2H3,(H,22,24). The number of hydrogen-bond acceptors (Lipinski definition) is 4. The molecule has 0 bridgehead atoms. The lowest BCUT2D eigenvalue weighted by Crippen LogP contribution is -2.33. The molecule has 2 amide bonds. The van der Waals surface area contributed by atoms with Crippen LogP contribution < -0.4 is 5.32 Å². The lowest BCUT2D eigenvalue weighted by Gasteiger charge is -2.21. The summed E-state index contributed by atoms with van der Waals surface area (Å²) in [6.45, 7) is 4.57. The van der Waals surface area contributed by atoms with Gasteiger partial charge in [-0.3, -0.25) is 9.59 Å². The Bertz CT molecular complexity index is 898. The SMILES string of the molecule is Cc1ccc(NC(=O)CCN(Cc2ccco2)C(=O)c2ccoc2)cc1C. The van der Waals surface area contributed by atoms with E-state index in [1.54, 1.807) is 29.4 Å². The van der Waals surface area contributed by atoms with Crippen LogP contribution in [-0.2, 0) is 11.3 Å². The van der Waals surface area contributed by atoms with Gasteiger partial charge in [-0.25, -0.2) is 0 Å². The first-order valence-corrected chi connectivity index (χ1v) is 8.74. The van der Waals surface area contributed by atoms with Crippen LogP contribution in [0, 0.1) is 13.8 Å². The van der Waals surface area contributed by atoms with Gasteiger partial charge in [-0.15, -0.1) is 0 Å². The van der Waals surface area contributed by atoms with E-state index in [0.717, 1.165) is 11.3 Å². The van der Waals surface area contributed by atoms with Crippen LogP contribution in [0.15, 0.2) is 64.0 Å². The van der Waals surface area contributed by atoms with Gasteiger partial charge < -0.3 is 19.1 Å². The summed E-state index contributed by atoms with van der Waals surface area (Å²) in [4.78, 5) is 26.6. The fraction of sp³-hybridized carbons (Fsp3) is 0.238. The maximum Gasteiger partial charge on any atom is 0.257 e. The number of nitrogens with zero attached hydrogens (tertiary/aromatic N) is 1. The summed E-state index contributed by atoms with van der Waals surface area (Å²) in [5.74, 6) is 0.295. The van der Waals surface area contributed by atoms with Gasteiger partial charge in [-0.05, 0) is 55.3 Å². The lowest BCUT2D eigenvalue weighted by molar-refractivity contribution is -0.116. The molecule has 0 aliphatic carbocycles. The van der Waals surface area contributed by atoms with Gasteiger partial charge >= 0.3 is 0 Å². The fourth-order valence-corrected chi connectivity index (χ4v) is 2.69. The van der Waals surface area contributed by atoms with E-state index in [2.05, 4.69) is 5.32 Å². The molecule has 0 spiro atoms. The number of hydrogen-bond donors (Lipinski definition) is 1. The zero-order chi connectivity index (χ0) is 19.2. The minimum Gasteiger partial charge on any atom is -0.472 e. The van der Waals surface area contributed by atoms with E-state index in [4.69, 9.17) is 8.83 Å². The van der Waals surface area contributed by atoms with Crippen molar-refractivity contribution in [1.29, 1.82) is 0 Å². The first-order chi connectivity index (χ1) is 13.0. The minimum atomic E-state index is -0.209. The first kappa shape index (κ1) is 18.5. The maximum absolute atomic E-state index is 12.7. The van der Waals surface area contributed by atoms with Crippen LogP contribution in [0.5, 0.6) is 0 Å². The first-order valence-electron chi connectivity index (χ1n) is 8.74. The van der Waals surface area contributed by atoms with Gasteiger partial charge in [-0.2, -0.15) is 0 Å². The number of furan rings is 2. The quantitative estimate of drug-likeness (QED) is 0.681. The van der Waals surface area contributed by atoms with Crippen molar-refractivity contribution >= 4 is 17.5 Å². The van der Waals surface area contributed by atoms with E-state index in [1.807, 2.05) is 32.0 Å². The topological polar surface area (TPSA) is 75.7 Å². The van der Waals surface area contributed by atoms with Crippen molar-refractivity contribution in [3.63, 3.8) is 0 Å². The number of aryl methyl sites for hydroxylation is 2. The van der Waals surface area contributed by atoms with Crippen molar-refractivity contribution < 1.29 is 18.4 Å². The summed E-state index contributed by atoms with van der Waals surface area (Å²) in [7, 11) is 0. The van der Waals surface area contributed by atoms with Gasteiger partial charge in [-0.1, -0.05) is 6.07 Å². The van der Waals surface area contributed by atoms with E-state index in [1.165, 1.54) is 18.1 Å². The Morgan fingerprint density at radius 1 is 1.07 bits per heavy atom. The Morgan fingerprint density at radius 3 is 2.59 bits per heavy atom. The second-order valence-corrected chi connectivity index (χ2v) is 6.42. The van der Waals surface area contributed by atoms with Crippen molar-refractivity contribution in [3.05, 3.63) is 77.6 Å². The fourth-order valence-electron chi connectivity index (χ4n) is 2.69. The van der Waals surface area contributed by atoms with Crippen LogP contribution in [0.4, 0.5) is 5.69 Å². The Balaban J connectivity index is 1.63. The summed E-state index contributed by atoms with van der Waals surface area (Å²) < 4.78 is 10.3. The van der Waals surface area contributed by atoms with Crippen molar-refractivity contribution in [2.75, 3.05) is 11.9 Å². The Hall–Kier alpha value is -3.28. The molecule has 3 rings (SSSR count). The minimum absolute atomic E-state index is 0.150. The maximum atomic E-state index is 12.7. The molecular formula is C21H22N2O4. The van der Waals surface area contributed by atoms with Crippen LogP contribution >= 0.6 is 0 Å². The number of rotatable bonds is 7. The van der Waals surface area contributed by atoms with Crippen LogP contribution in [-0.4, -0.2) is 23.3 Å². The summed E-state index contributed by atoms with van der Waals surface area (Å²) in [6.07, 6.45) is 4.58. The second-order valence-electron chi connectivity index (χ2n) is 6.42. The summed E-state index contributed by atoms with van der Waals surface area (Å²) in [6, 6.07) is 10.9. The third-order valence-corrected chi connectivity index (χ3v) is 4.38. The normalized spacial score (nSPS) is 10.6. The molecule has 0 fully saturated rings. The van der Waals surface area contributed by atoms with E-state index < -0.39 is 0 Å². The molecule has 0 atom stereocenters. The molecule has 0 saturated carbocycles. The Kier molecular flexibility index (Phi) is 5.76. The molecule has 2 aromatic heterocycles. The third-order valence-electron chi connectivity index (χ3n) is 4.38. The molecule has 0 unspecified atom stereocenters. The molecule has 0 aliphatic rings. The molecule has 1 aromatic carbocycles.